The van der Waals surface area contributed by atoms with E-state index >= 15 is 0 Å². The lowest BCUT2D eigenvalue weighted by Gasteiger charge is -2.17. The Morgan fingerprint density at radius 2 is 1.73 bits per heavy atom. The SMILES string of the molecule is Cc1cc(C2=C(c3ccc(S(C)(=O)=O)nc3)OC(C)(C)C2=O)ccc1OC(F)(F)F. The number of halogens is 3. The van der Waals surface area contributed by atoms with E-state index in [0.717, 1.165) is 12.3 Å². The number of aryl methyl sites for hydroxylation is 1. The number of hydrogen-bond acceptors (Lipinski definition) is 6. The maximum Gasteiger partial charge on any atom is 0.573 e. The van der Waals surface area contributed by atoms with E-state index in [0.29, 0.717) is 11.1 Å². The lowest BCUT2D eigenvalue weighted by Crippen LogP contribution is -2.29. The fourth-order valence-corrected chi connectivity index (χ4v) is 3.56. The Hall–Kier alpha value is -2.88. The molecule has 0 saturated carbocycles. The molecule has 0 radical (unpaired) electrons. The third-order valence-corrected chi connectivity index (χ3v) is 5.43. The molecule has 30 heavy (non-hydrogen) atoms. The topological polar surface area (TPSA) is 82.6 Å². The maximum absolute atomic E-state index is 13.0. The number of benzene rings is 1. The molecule has 3 rings (SSSR count). The summed E-state index contributed by atoms with van der Waals surface area (Å²) in [7, 11) is -3.51. The predicted octanol–water partition coefficient (Wildman–Crippen LogP) is 3.94. The van der Waals surface area contributed by atoms with Crippen LogP contribution in [0, 0.1) is 6.92 Å². The molecular weight excluding hydrogens is 423 g/mol. The van der Waals surface area contributed by atoms with E-state index in [1.54, 1.807) is 13.8 Å². The molecule has 0 atom stereocenters. The Labute approximate surface area is 171 Å². The molecule has 1 aliphatic rings. The molecule has 0 bridgehead atoms. The number of alkyl halides is 3. The summed E-state index contributed by atoms with van der Waals surface area (Å²) in [5, 5.41) is -0.138. The van der Waals surface area contributed by atoms with E-state index in [1.807, 2.05) is 0 Å². The largest absolute Gasteiger partial charge is 0.573 e. The number of pyridine rings is 1. The third kappa shape index (κ3) is 4.33. The normalized spacial score (nSPS) is 16.6. The smallest absolute Gasteiger partial charge is 0.478 e. The van der Waals surface area contributed by atoms with E-state index in [2.05, 4.69) is 9.72 Å². The van der Waals surface area contributed by atoms with Gasteiger partial charge in [0.2, 0.25) is 5.78 Å². The second-order valence-corrected chi connectivity index (χ2v) is 9.29. The highest BCUT2D eigenvalue weighted by molar-refractivity contribution is 7.90. The number of Topliss-reactive ketones (excluding diaryl/α,β-unsaturated/α-hetero) is 1. The van der Waals surface area contributed by atoms with Gasteiger partial charge in [-0.1, -0.05) is 6.07 Å². The monoisotopic (exact) mass is 441 g/mol. The van der Waals surface area contributed by atoms with Crippen molar-refractivity contribution in [3.05, 3.63) is 53.2 Å². The second-order valence-electron chi connectivity index (χ2n) is 7.33. The fraction of sp³-hybridized carbons (Fsp3) is 0.300. The average Bonchev–Trinajstić information content (AvgIpc) is 2.85. The van der Waals surface area contributed by atoms with Crippen molar-refractivity contribution in [3.63, 3.8) is 0 Å². The van der Waals surface area contributed by atoms with Gasteiger partial charge < -0.3 is 9.47 Å². The van der Waals surface area contributed by atoms with E-state index in [9.17, 15) is 26.4 Å². The highest BCUT2D eigenvalue weighted by atomic mass is 32.2. The van der Waals surface area contributed by atoms with Crippen molar-refractivity contribution in [2.75, 3.05) is 6.26 Å². The van der Waals surface area contributed by atoms with E-state index < -0.39 is 21.8 Å². The summed E-state index contributed by atoms with van der Waals surface area (Å²) in [6.45, 7) is 4.56. The number of sulfone groups is 1. The first-order valence-electron chi connectivity index (χ1n) is 8.70. The van der Waals surface area contributed by atoms with Crippen LogP contribution in [0.5, 0.6) is 5.75 Å². The quantitative estimate of drug-likeness (QED) is 0.715. The molecule has 10 heteroatoms. The summed E-state index contributed by atoms with van der Waals surface area (Å²) in [6, 6.07) is 6.62. The van der Waals surface area contributed by atoms with Crippen LogP contribution in [-0.4, -0.2) is 37.4 Å². The molecule has 2 aromatic rings. The van der Waals surface area contributed by atoms with Crippen LogP contribution in [-0.2, 0) is 19.4 Å². The predicted molar refractivity (Wildman–Crippen MR) is 102 cm³/mol. The summed E-state index contributed by atoms with van der Waals surface area (Å²) in [5.41, 5.74) is -0.158. The molecule has 1 aliphatic heterocycles. The van der Waals surface area contributed by atoms with Gasteiger partial charge in [-0.15, -0.1) is 13.2 Å². The van der Waals surface area contributed by atoms with Crippen LogP contribution in [0.15, 0.2) is 41.6 Å². The Morgan fingerprint density at radius 3 is 2.23 bits per heavy atom. The van der Waals surface area contributed by atoms with Crippen LogP contribution in [0.25, 0.3) is 11.3 Å². The molecule has 0 spiro atoms. The number of carbonyl (C=O) groups is 1. The van der Waals surface area contributed by atoms with Gasteiger partial charge in [-0.2, -0.15) is 0 Å². The van der Waals surface area contributed by atoms with Crippen molar-refractivity contribution in [1.29, 1.82) is 0 Å². The number of nitrogens with zero attached hydrogens (tertiary/aromatic N) is 1. The molecule has 0 unspecified atom stereocenters. The zero-order chi connectivity index (χ0) is 22.5. The van der Waals surface area contributed by atoms with Crippen molar-refractivity contribution >= 4 is 27.0 Å². The molecule has 0 amide bonds. The summed E-state index contributed by atoms with van der Waals surface area (Å²) in [4.78, 5) is 16.9. The van der Waals surface area contributed by atoms with Crippen LogP contribution in [0.4, 0.5) is 13.2 Å². The Balaban J connectivity index is 2.11. The van der Waals surface area contributed by atoms with Crippen molar-refractivity contribution in [2.24, 2.45) is 0 Å². The summed E-state index contributed by atoms with van der Waals surface area (Å²) >= 11 is 0. The molecule has 0 fully saturated rings. The minimum absolute atomic E-state index is 0.138. The van der Waals surface area contributed by atoms with E-state index in [-0.39, 0.29) is 33.5 Å². The van der Waals surface area contributed by atoms with Crippen LogP contribution in [0.1, 0.15) is 30.5 Å². The van der Waals surface area contributed by atoms with E-state index in [1.165, 1.54) is 37.4 Å². The molecule has 0 saturated heterocycles. The second kappa shape index (κ2) is 7.12. The summed E-state index contributed by atoms with van der Waals surface area (Å²) in [5.74, 6) is -0.576. The molecule has 2 heterocycles. The van der Waals surface area contributed by atoms with Crippen molar-refractivity contribution in [3.8, 4) is 5.75 Å². The van der Waals surface area contributed by atoms with Gasteiger partial charge in [-0.3, -0.25) is 4.79 Å². The minimum atomic E-state index is -4.84. The average molecular weight is 441 g/mol. The van der Waals surface area contributed by atoms with Gasteiger partial charge in [0.05, 0.1) is 5.57 Å². The van der Waals surface area contributed by atoms with Crippen molar-refractivity contribution in [2.45, 2.75) is 37.8 Å². The number of carbonyl (C=O) groups excluding carboxylic acids is 1. The zero-order valence-corrected chi connectivity index (χ0v) is 17.3. The van der Waals surface area contributed by atoms with Crippen LogP contribution < -0.4 is 4.74 Å². The first kappa shape index (κ1) is 21.8. The van der Waals surface area contributed by atoms with Gasteiger partial charge in [0.15, 0.2) is 20.5 Å². The van der Waals surface area contributed by atoms with Gasteiger partial charge >= 0.3 is 6.36 Å². The molecule has 0 aliphatic carbocycles. The molecule has 1 aromatic carbocycles. The van der Waals surface area contributed by atoms with Gasteiger partial charge in [0.1, 0.15) is 11.5 Å². The Morgan fingerprint density at radius 1 is 1.10 bits per heavy atom. The van der Waals surface area contributed by atoms with Gasteiger partial charge in [0, 0.05) is 18.0 Å². The van der Waals surface area contributed by atoms with Crippen molar-refractivity contribution in [1.82, 2.24) is 4.98 Å². The summed E-state index contributed by atoms with van der Waals surface area (Å²) < 4.78 is 70.6. The number of ether oxygens (including phenoxy) is 2. The Kier molecular flexibility index (Phi) is 5.18. The van der Waals surface area contributed by atoms with Gasteiger partial charge in [-0.25, -0.2) is 13.4 Å². The van der Waals surface area contributed by atoms with Gasteiger partial charge in [0.25, 0.3) is 0 Å². The van der Waals surface area contributed by atoms with Crippen LogP contribution in [0.2, 0.25) is 0 Å². The lowest BCUT2D eigenvalue weighted by atomic mass is 9.92. The van der Waals surface area contributed by atoms with E-state index in [4.69, 9.17) is 4.74 Å². The number of hydrogen-bond donors (Lipinski definition) is 0. The standard InChI is InChI=1S/C20H18F3NO5S/c1-11-9-12(5-7-14(11)28-20(21,22)23)16-17(29-19(2,3)18(16)25)13-6-8-15(24-10-13)30(4,26)27/h5-10H,1-4H3. The van der Waals surface area contributed by atoms with Crippen LogP contribution in [0.3, 0.4) is 0 Å². The number of ketones is 1. The molecule has 0 N–H and O–H groups in total. The fourth-order valence-electron chi connectivity index (χ4n) is 3.00. The molecule has 6 nitrogen and oxygen atoms in total. The highest BCUT2D eigenvalue weighted by Crippen LogP contribution is 2.42. The maximum atomic E-state index is 13.0. The molecular formula is C20H18F3NO5S. The lowest BCUT2D eigenvalue weighted by molar-refractivity contribution is -0.274. The van der Waals surface area contributed by atoms with Gasteiger partial charge in [-0.05, 0) is 56.2 Å². The number of aromatic nitrogens is 1. The summed E-state index contributed by atoms with van der Waals surface area (Å²) in [6.07, 6.45) is -2.54. The minimum Gasteiger partial charge on any atom is -0.478 e. The van der Waals surface area contributed by atoms with Crippen LogP contribution >= 0.6 is 0 Å². The van der Waals surface area contributed by atoms with Crippen molar-refractivity contribution < 1.29 is 35.9 Å². The first-order chi connectivity index (χ1) is 13.7. The zero-order valence-electron chi connectivity index (χ0n) is 16.5. The highest BCUT2D eigenvalue weighted by Gasteiger charge is 2.43. The third-order valence-electron chi connectivity index (χ3n) is 4.43. The first-order valence-corrected chi connectivity index (χ1v) is 10.6. The Bertz CT molecular complexity index is 1150. The molecule has 1 aromatic heterocycles. The number of rotatable bonds is 4. The molecule has 160 valence electrons.